The van der Waals surface area contributed by atoms with Crippen molar-refractivity contribution in [3.63, 3.8) is 0 Å². The Kier molecular flexibility index (Phi) is 6.05. The second-order valence-electron chi connectivity index (χ2n) is 6.96. The molecule has 0 amide bonds. The van der Waals surface area contributed by atoms with Crippen LogP contribution in [0, 0.1) is 0 Å². The van der Waals surface area contributed by atoms with Crippen LogP contribution in [-0.2, 0) is 19.6 Å². The normalized spacial score (nSPS) is 10.9. The Hall–Kier alpha value is -3.24. The average molecular weight is 419 g/mol. The number of halogens is 1. The molecule has 1 heterocycles. The van der Waals surface area contributed by atoms with Gasteiger partial charge in [0, 0.05) is 5.02 Å². The Balaban J connectivity index is 1.65. The van der Waals surface area contributed by atoms with Gasteiger partial charge in [0.15, 0.2) is 11.5 Å². The third-order valence-electron chi connectivity index (χ3n) is 4.98. The molecule has 0 bridgehead atoms. The smallest absolute Gasteiger partial charge is 0.161 e. The van der Waals surface area contributed by atoms with Crippen molar-refractivity contribution >= 4 is 22.6 Å². The molecule has 0 spiro atoms. The van der Waals surface area contributed by atoms with E-state index in [0.29, 0.717) is 24.7 Å². The quantitative estimate of drug-likeness (QED) is 0.326. The van der Waals surface area contributed by atoms with E-state index < -0.39 is 0 Å². The summed E-state index contributed by atoms with van der Waals surface area (Å²) in [6, 6.07) is 21.9. The number of aromatic nitrogens is 2. The molecule has 4 rings (SSSR count). The highest BCUT2D eigenvalue weighted by Gasteiger charge is 2.14. The zero-order valence-electron chi connectivity index (χ0n) is 16.8. The number of hydrogen-bond donors (Lipinski definition) is 0. The van der Waals surface area contributed by atoms with Crippen molar-refractivity contribution in [1.82, 2.24) is 9.55 Å². The fourth-order valence-corrected chi connectivity index (χ4v) is 3.67. The molecule has 0 atom stereocenters. The van der Waals surface area contributed by atoms with E-state index in [1.165, 1.54) is 0 Å². The number of imidazole rings is 1. The van der Waals surface area contributed by atoms with E-state index in [-0.39, 0.29) is 0 Å². The summed E-state index contributed by atoms with van der Waals surface area (Å²) in [4.78, 5) is 4.80. The molecular formula is C25H23ClN2O2. The highest BCUT2D eigenvalue weighted by molar-refractivity contribution is 6.31. The molecule has 0 aliphatic rings. The van der Waals surface area contributed by atoms with Gasteiger partial charge in [-0.1, -0.05) is 54.1 Å². The number of nitrogens with zero attached hydrogens (tertiary/aromatic N) is 2. The van der Waals surface area contributed by atoms with E-state index in [9.17, 15) is 0 Å². The summed E-state index contributed by atoms with van der Waals surface area (Å²) in [5, 5.41) is 0.738. The number of methoxy groups -OCH3 is 1. The molecule has 4 nitrogen and oxygen atoms in total. The fraction of sp³-hybridized carbons (Fsp3) is 0.160. The summed E-state index contributed by atoms with van der Waals surface area (Å²) < 4.78 is 13.8. The Labute approximate surface area is 181 Å². The molecule has 0 N–H and O–H groups in total. The summed E-state index contributed by atoms with van der Waals surface area (Å²) in [7, 11) is 1.65. The van der Waals surface area contributed by atoms with Gasteiger partial charge in [-0.15, -0.1) is 6.58 Å². The number of allylic oxidation sites excluding steroid dienone is 1. The number of benzene rings is 3. The van der Waals surface area contributed by atoms with Crippen LogP contribution in [0.15, 0.2) is 79.4 Å². The van der Waals surface area contributed by atoms with Gasteiger partial charge in [0.05, 0.1) is 24.7 Å². The summed E-state index contributed by atoms with van der Waals surface area (Å²) in [5.74, 6) is 2.21. The topological polar surface area (TPSA) is 36.3 Å². The lowest BCUT2D eigenvalue weighted by Gasteiger charge is -2.14. The maximum atomic E-state index is 6.41. The number of fused-ring (bicyclic) bond motifs is 1. The zero-order valence-corrected chi connectivity index (χ0v) is 17.6. The van der Waals surface area contributed by atoms with Crippen LogP contribution in [0.3, 0.4) is 0 Å². The molecule has 30 heavy (non-hydrogen) atoms. The van der Waals surface area contributed by atoms with E-state index in [2.05, 4.69) is 17.2 Å². The Bertz CT molecular complexity index is 1180. The first-order valence-electron chi connectivity index (χ1n) is 9.77. The molecule has 5 heteroatoms. The van der Waals surface area contributed by atoms with Crippen LogP contribution in [0.4, 0.5) is 0 Å². The van der Waals surface area contributed by atoms with Crippen molar-refractivity contribution in [2.45, 2.75) is 19.6 Å². The minimum Gasteiger partial charge on any atom is -0.493 e. The molecule has 0 saturated heterocycles. The Morgan fingerprint density at radius 3 is 2.63 bits per heavy atom. The van der Waals surface area contributed by atoms with Gasteiger partial charge in [-0.05, 0) is 47.9 Å². The van der Waals surface area contributed by atoms with Crippen molar-refractivity contribution in [2.24, 2.45) is 0 Å². The lowest BCUT2D eigenvalue weighted by atomic mass is 10.1. The summed E-state index contributed by atoms with van der Waals surface area (Å²) in [6.07, 6.45) is 2.65. The van der Waals surface area contributed by atoms with Crippen molar-refractivity contribution in [3.8, 4) is 11.5 Å². The maximum absolute atomic E-state index is 6.41. The van der Waals surface area contributed by atoms with E-state index >= 15 is 0 Å². The summed E-state index contributed by atoms with van der Waals surface area (Å²) in [6.45, 7) is 4.72. The lowest BCUT2D eigenvalue weighted by Crippen LogP contribution is -2.09. The number of rotatable bonds is 8. The van der Waals surface area contributed by atoms with Gasteiger partial charge in [-0.3, -0.25) is 0 Å². The second-order valence-corrected chi connectivity index (χ2v) is 7.37. The van der Waals surface area contributed by atoms with Gasteiger partial charge >= 0.3 is 0 Å². The molecule has 4 aromatic rings. The summed E-state index contributed by atoms with van der Waals surface area (Å²) >= 11 is 6.41. The van der Waals surface area contributed by atoms with Crippen LogP contribution in [0.1, 0.15) is 17.0 Å². The Morgan fingerprint density at radius 1 is 1.03 bits per heavy atom. The van der Waals surface area contributed by atoms with Crippen molar-refractivity contribution < 1.29 is 9.47 Å². The highest BCUT2D eigenvalue weighted by Crippen LogP contribution is 2.30. The van der Waals surface area contributed by atoms with Crippen LogP contribution in [0.25, 0.3) is 11.0 Å². The van der Waals surface area contributed by atoms with Crippen LogP contribution in [0.5, 0.6) is 11.5 Å². The molecule has 3 aromatic carbocycles. The van der Waals surface area contributed by atoms with Gasteiger partial charge in [0.1, 0.15) is 12.4 Å². The van der Waals surface area contributed by atoms with E-state index in [0.717, 1.165) is 39.4 Å². The van der Waals surface area contributed by atoms with E-state index in [4.69, 9.17) is 26.1 Å². The van der Waals surface area contributed by atoms with E-state index in [1.807, 2.05) is 66.7 Å². The van der Waals surface area contributed by atoms with Crippen molar-refractivity contribution in [2.75, 3.05) is 7.11 Å². The van der Waals surface area contributed by atoms with Crippen LogP contribution < -0.4 is 9.47 Å². The molecule has 152 valence electrons. The van der Waals surface area contributed by atoms with Gasteiger partial charge in [0.25, 0.3) is 0 Å². The molecule has 1 aromatic heterocycles. The number of hydrogen-bond acceptors (Lipinski definition) is 3. The molecule has 0 saturated carbocycles. The predicted octanol–water partition coefficient (Wildman–Crippen LogP) is 6.05. The highest BCUT2D eigenvalue weighted by atomic mass is 35.5. The number of ether oxygens (including phenoxy) is 2. The second kappa shape index (κ2) is 9.06. The zero-order chi connectivity index (χ0) is 20.9. The first kappa shape index (κ1) is 20.0. The Morgan fingerprint density at radius 2 is 1.83 bits per heavy atom. The average Bonchev–Trinajstić information content (AvgIpc) is 3.12. The molecular weight excluding hydrogens is 396 g/mol. The first-order valence-corrected chi connectivity index (χ1v) is 10.2. The van der Waals surface area contributed by atoms with Gasteiger partial charge in [-0.2, -0.15) is 0 Å². The molecule has 0 aliphatic carbocycles. The largest absolute Gasteiger partial charge is 0.493 e. The maximum Gasteiger partial charge on any atom is 0.161 e. The molecule has 0 aliphatic heterocycles. The van der Waals surface area contributed by atoms with Crippen molar-refractivity contribution in [3.05, 3.63) is 101 Å². The third-order valence-corrected chi connectivity index (χ3v) is 5.35. The standard InChI is InChI=1S/C25H23ClN2O2/c1-3-8-18-13-14-23(24(15-18)29-2)30-17-25-27-21-11-6-7-12-22(21)28(25)16-19-9-4-5-10-20(19)26/h3-7,9-15H,1,8,16-17H2,2H3. The lowest BCUT2D eigenvalue weighted by molar-refractivity contribution is 0.272. The monoisotopic (exact) mass is 418 g/mol. The van der Waals surface area contributed by atoms with Gasteiger partial charge in [0.2, 0.25) is 0 Å². The van der Waals surface area contributed by atoms with E-state index in [1.54, 1.807) is 7.11 Å². The minimum absolute atomic E-state index is 0.316. The molecule has 0 fully saturated rings. The van der Waals surface area contributed by atoms with Crippen molar-refractivity contribution in [1.29, 1.82) is 0 Å². The van der Waals surface area contributed by atoms with Gasteiger partial charge in [-0.25, -0.2) is 4.98 Å². The number of para-hydroxylation sites is 2. The van der Waals surface area contributed by atoms with Crippen LogP contribution in [-0.4, -0.2) is 16.7 Å². The molecule has 0 unspecified atom stereocenters. The first-order chi connectivity index (χ1) is 14.7. The summed E-state index contributed by atoms with van der Waals surface area (Å²) in [5.41, 5.74) is 4.14. The minimum atomic E-state index is 0.316. The van der Waals surface area contributed by atoms with Gasteiger partial charge < -0.3 is 14.0 Å². The SMILES string of the molecule is C=CCc1ccc(OCc2nc3ccccc3n2Cc2ccccc2Cl)c(OC)c1. The molecule has 0 radical (unpaired) electrons. The fourth-order valence-electron chi connectivity index (χ4n) is 3.48. The predicted molar refractivity (Wildman–Crippen MR) is 122 cm³/mol. The third kappa shape index (κ3) is 4.19. The van der Waals surface area contributed by atoms with Crippen LogP contribution in [0.2, 0.25) is 5.02 Å². The van der Waals surface area contributed by atoms with Crippen LogP contribution >= 0.6 is 11.6 Å².